The summed E-state index contributed by atoms with van der Waals surface area (Å²) in [6.07, 6.45) is 14.7. The van der Waals surface area contributed by atoms with Crippen LogP contribution in [0.4, 0.5) is 0 Å². The predicted octanol–water partition coefficient (Wildman–Crippen LogP) is 6.36. The summed E-state index contributed by atoms with van der Waals surface area (Å²) in [6, 6.07) is 7.81. The van der Waals surface area contributed by atoms with Gasteiger partial charge in [0, 0.05) is 0 Å². The van der Waals surface area contributed by atoms with Crippen molar-refractivity contribution in [2.45, 2.75) is 74.8 Å². The second-order valence-corrected chi connectivity index (χ2v) is 6.76. The van der Waals surface area contributed by atoms with Crippen molar-refractivity contribution < 1.29 is 4.42 Å². The second-order valence-electron chi connectivity index (χ2n) is 5.76. The Labute approximate surface area is 142 Å². The van der Waals surface area contributed by atoms with Gasteiger partial charge in [0.15, 0.2) is 0 Å². The first-order valence-electron chi connectivity index (χ1n) is 8.64. The first kappa shape index (κ1) is 18.1. The summed E-state index contributed by atoms with van der Waals surface area (Å²) in [5.41, 5.74) is 1.94. The molecule has 0 N–H and O–H groups in total. The number of benzene rings is 1. The van der Waals surface area contributed by atoms with Gasteiger partial charge in [-0.3, -0.25) is 0 Å². The van der Waals surface area contributed by atoms with Gasteiger partial charge in [-0.25, -0.2) is 0 Å². The minimum absolute atomic E-state index is 0.968. The molecule has 0 aliphatic carbocycles. The van der Waals surface area contributed by atoms with Gasteiger partial charge in [-0.05, 0) is 24.3 Å². The molecule has 2 aromatic rings. The van der Waals surface area contributed by atoms with Gasteiger partial charge in [0.1, 0.15) is 11.2 Å². The Morgan fingerprint density at radius 2 is 1.10 bits per heavy atom. The molecule has 2 rings (SSSR count). The third kappa shape index (κ3) is 9.05. The van der Waals surface area contributed by atoms with E-state index in [1.807, 2.05) is 24.3 Å². The topological polar surface area (TPSA) is 13.1 Å². The zero-order chi connectivity index (χ0) is 14.5. The molecule has 2 heteroatoms. The Balaban J connectivity index is 0.000000233. The van der Waals surface area contributed by atoms with Crippen LogP contribution in [0, 0.1) is 0 Å². The Hall–Kier alpha value is 0.0200. The van der Waals surface area contributed by atoms with Crippen LogP contribution >= 0.6 is 0 Å². The van der Waals surface area contributed by atoms with Crippen LogP contribution in [0.3, 0.4) is 0 Å². The molecule has 0 unspecified atom stereocenters. The fourth-order valence-corrected chi connectivity index (χ4v) is 2.95. The third-order valence-corrected chi connectivity index (χ3v) is 4.47. The van der Waals surface area contributed by atoms with Crippen LogP contribution in [0.15, 0.2) is 28.7 Å². The monoisotopic (exact) mass is 284 g/mol. The average Bonchev–Trinajstić information content (AvgIpc) is 3.11. The van der Waals surface area contributed by atoms with E-state index in [1.54, 1.807) is 0 Å². The predicted molar refractivity (Wildman–Crippen MR) is 89.8 cm³/mol. The van der Waals surface area contributed by atoms with Crippen LogP contribution in [0.5, 0.6) is 0 Å². The maximum absolute atomic E-state index is 5.08. The normalized spacial score (nSPS) is 10.8. The summed E-state index contributed by atoms with van der Waals surface area (Å²) in [5, 5.41) is 0. The molecular weight excluding hydrogens is 255 g/mol. The minimum Gasteiger partial charge on any atom is -0.457 e. The number of fused-ring (bicyclic) bond motifs is 2. The van der Waals surface area contributed by atoms with Gasteiger partial charge >= 0.3 is 103 Å². The molecule has 0 aliphatic rings. The number of hydrogen-bond acceptors (Lipinski definition) is 1. The summed E-state index contributed by atoms with van der Waals surface area (Å²) in [4.78, 5) is 0. The van der Waals surface area contributed by atoms with Crippen molar-refractivity contribution in [1.29, 1.82) is 0 Å². The minimum atomic E-state index is 0.968. The van der Waals surface area contributed by atoms with Crippen molar-refractivity contribution in [3.63, 3.8) is 0 Å². The average molecular weight is 284 g/mol. The fraction of sp³-hybridized carbons (Fsp3) is 0.667. The number of furan rings is 2. The molecule has 108 valence electrons. The summed E-state index contributed by atoms with van der Waals surface area (Å²) >= 11 is 1.41. The largest absolute Gasteiger partial charge is 0.457 e. The van der Waals surface area contributed by atoms with Gasteiger partial charge in [0.05, 0.1) is 0 Å². The number of hydrogen-bond donors (Lipinski definition) is 0. The molecule has 0 atom stereocenters. The fourth-order valence-electron chi connectivity index (χ4n) is 2.45. The van der Waals surface area contributed by atoms with Crippen molar-refractivity contribution in [2.75, 3.05) is 0 Å². The van der Waals surface area contributed by atoms with Gasteiger partial charge in [-0.15, -0.1) is 0 Å². The van der Waals surface area contributed by atoms with Crippen molar-refractivity contribution in [1.82, 2.24) is 0 Å². The molecule has 20 heavy (non-hydrogen) atoms. The van der Waals surface area contributed by atoms with Gasteiger partial charge < -0.3 is 4.42 Å². The third-order valence-electron chi connectivity index (χ3n) is 3.77. The van der Waals surface area contributed by atoms with Crippen LogP contribution in [0.25, 0.3) is 11.2 Å². The Bertz CT molecular complexity index is 341. The summed E-state index contributed by atoms with van der Waals surface area (Å²) in [7, 11) is 0. The van der Waals surface area contributed by atoms with Crippen LogP contribution in [0.1, 0.15) is 71.1 Å². The molecule has 0 aromatic carbocycles. The maximum atomic E-state index is 5.08. The van der Waals surface area contributed by atoms with E-state index in [-0.39, 0.29) is 0 Å². The quantitative estimate of drug-likeness (QED) is 0.365. The van der Waals surface area contributed by atoms with E-state index in [0.717, 1.165) is 11.2 Å². The van der Waals surface area contributed by atoms with E-state index in [0.29, 0.717) is 0 Å². The number of rotatable bonds is 10. The molecule has 0 aliphatic heterocycles. The first-order valence-corrected chi connectivity index (χ1v) is 10.1. The second kappa shape index (κ2) is 12.7. The molecular formula is C18H29NaO. The Morgan fingerprint density at radius 3 is 1.40 bits per heavy atom. The van der Waals surface area contributed by atoms with Crippen LogP contribution in [0.2, 0.25) is 3.67 Å². The molecule has 0 saturated carbocycles. The van der Waals surface area contributed by atoms with Gasteiger partial charge in [-0.1, -0.05) is 0 Å². The SMILES string of the molecule is CCCCCCCCCCC[CH2][Na].c1cc2ccc1o2. The first-order chi connectivity index (χ1) is 9.86. The van der Waals surface area contributed by atoms with Crippen molar-refractivity contribution in [3.8, 4) is 0 Å². The molecule has 0 radical (unpaired) electrons. The Kier molecular flexibility index (Phi) is 11.5. The zero-order valence-electron chi connectivity index (χ0n) is 13.5. The van der Waals surface area contributed by atoms with E-state index in [9.17, 15) is 0 Å². The number of unbranched alkanes of at least 4 members (excludes halogenated alkanes) is 9. The molecule has 2 bridgehead atoms. The molecule has 2 aromatic heterocycles. The smallest absolute Gasteiger partial charge is 0.127 e. The van der Waals surface area contributed by atoms with Crippen molar-refractivity contribution >= 4 is 39.1 Å². The van der Waals surface area contributed by atoms with Gasteiger partial charge in [-0.2, -0.15) is 0 Å². The van der Waals surface area contributed by atoms with E-state index in [1.165, 1.54) is 95.8 Å². The van der Waals surface area contributed by atoms with E-state index in [2.05, 4.69) is 6.92 Å². The van der Waals surface area contributed by atoms with Crippen molar-refractivity contribution in [2.24, 2.45) is 0 Å². The summed E-state index contributed by atoms with van der Waals surface area (Å²) < 4.78 is 6.59. The Morgan fingerprint density at radius 1 is 0.700 bits per heavy atom. The van der Waals surface area contributed by atoms with Gasteiger partial charge in [0.25, 0.3) is 0 Å². The van der Waals surface area contributed by atoms with E-state index < -0.39 is 0 Å². The summed E-state index contributed by atoms with van der Waals surface area (Å²) in [5.74, 6) is 0. The summed E-state index contributed by atoms with van der Waals surface area (Å²) in [6.45, 7) is 2.29. The zero-order valence-corrected chi connectivity index (χ0v) is 15.5. The molecule has 0 saturated heterocycles. The molecule has 2 heterocycles. The van der Waals surface area contributed by atoms with Crippen LogP contribution < -0.4 is 0 Å². The van der Waals surface area contributed by atoms with Crippen LogP contribution in [-0.2, 0) is 0 Å². The van der Waals surface area contributed by atoms with Crippen LogP contribution in [-0.4, -0.2) is 27.9 Å². The van der Waals surface area contributed by atoms with E-state index in [4.69, 9.17) is 4.42 Å². The standard InChI is InChI=1S/C12H25.C6H4O.Na/c1-3-5-7-9-11-12-10-8-6-4-2;1-2-6-4-3-5(1)7-6;/h1,3-12H2,2H3;1-4H;. The van der Waals surface area contributed by atoms with Gasteiger partial charge in [0.2, 0.25) is 0 Å². The molecule has 0 fully saturated rings. The maximum Gasteiger partial charge on any atom is 0.127 e. The molecule has 0 amide bonds. The molecule has 0 spiro atoms. The van der Waals surface area contributed by atoms with Crippen molar-refractivity contribution in [3.05, 3.63) is 24.3 Å². The van der Waals surface area contributed by atoms with E-state index >= 15 is 0 Å². The molecule has 1 nitrogen and oxygen atoms in total.